The van der Waals surface area contributed by atoms with E-state index in [1.165, 1.54) is 116 Å². The first-order valence-corrected chi connectivity index (χ1v) is 21.5. The molecule has 0 amide bonds. The third-order valence-electron chi connectivity index (χ3n) is 10.5. The first-order valence-electron chi connectivity index (χ1n) is 21.5. The van der Waals surface area contributed by atoms with Crippen molar-refractivity contribution in [2.45, 2.75) is 142 Å². The Kier molecular flexibility index (Phi) is 20.6. The van der Waals surface area contributed by atoms with Gasteiger partial charge in [-0.3, -0.25) is 0 Å². The van der Waals surface area contributed by atoms with Crippen molar-refractivity contribution < 1.29 is 18.9 Å². The van der Waals surface area contributed by atoms with Gasteiger partial charge in [0.1, 0.15) is 23.0 Å². The maximum Gasteiger partial charge on any atom is 0.120 e. The zero-order valence-corrected chi connectivity index (χ0v) is 34.3. The highest BCUT2D eigenvalue weighted by molar-refractivity contribution is 5.80. The van der Waals surface area contributed by atoms with Gasteiger partial charge < -0.3 is 18.9 Å². The fourth-order valence-corrected chi connectivity index (χ4v) is 7.20. The van der Waals surface area contributed by atoms with Gasteiger partial charge in [0.2, 0.25) is 0 Å². The van der Waals surface area contributed by atoms with Crippen molar-refractivity contribution in [2.75, 3.05) is 27.4 Å². The molecule has 0 aliphatic rings. The number of hydrogen-bond acceptors (Lipinski definition) is 4. The molecule has 4 nitrogen and oxygen atoms in total. The second kappa shape index (κ2) is 26.0. The summed E-state index contributed by atoms with van der Waals surface area (Å²) in [5, 5.41) is 0. The molecule has 4 heteroatoms. The molecule has 4 aromatic carbocycles. The number of rotatable bonds is 29. The Morgan fingerprint density at radius 1 is 0.315 bits per heavy atom. The van der Waals surface area contributed by atoms with Crippen molar-refractivity contribution in [1.29, 1.82) is 0 Å². The minimum atomic E-state index is 0.717. The Morgan fingerprint density at radius 2 is 0.611 bits per heavy atom. The van der Waals surface area contributed by atoms with Gasteiger partial charge in [-0.25, -0.2) is 0 Å². The van der Waals surface area contributed by atoms with Crippen molar-refractivity contribution >= 4 is 0 Å². The predicted octanol–water partition coefficient (Wildman–Crippen LogP) is 15.3. The average Bonchev–Trinajstić information content (AvgIpc) is 3.21. The Labute approximate surface area is 329 Å². The van der Waals surface area contributed by atoms with Gasteiger partial charge >= 0.3 is 0 Å². The first-order chi connectivity index (χ1) is 26.6. The van der Waals surface area contributed by atoms with Gasteiger partial charge in [-0.15, -0.1) is 0 Å². The average molecular weight is 735 g/mol. The second-order valence-electron chi connectivity index (χ2n) is 15.0. The molecule has 0 unspecified atom stereocenters. The van der Waals surface area contributed by atoms with Crippen molar-refractivity contribution in [3.63, 3.8) is 0 Å². The van der Waals surface area contributed by atoms with E-state index in [-0.39, 0.29) is 0 Å². The maximum absolute atomic E-state index is 6.50. The van der Waals surface area contributed by atoms with E-state index < -0.39 is 0 Å². The molecule has 54 heavy (non-hydrogen) atoms. The molecule has 4 rings (SSSR count). The van der Waals surface area contributed by atoms with Crippen molar-refractivity contribution in [3.05, 3.63) is 84.9 Å². The van der Waals surface area contributed by atoms with E-state index in [4.69, 9.17) is 18.9 Å². The second-order valence-corrected chi connectivity index (χ2v) is 15.0. The molecule has 0 radical (unpaired) electrons. The topological polar surface area (TPSA) is 36.9 Å². The molecule has 0 aromatic heterocycles. The molecule has 0 spiro atoms. The summed E-state index contributed by atoms with van der Waals surface area (Å²) >= 11 is 0. The van der Waals surface area contributed by atoms with Crippen LogP contribution in [0.25, 0.3) is 33.4 Å². The van der Waals surface area contributed by atoms with Crippen LogP contribution in [0.2, 0.25) is 0 Å². The van der Waals surface area contributed by atoms with E-state index in [0.717, 1.165) is 69.2 Å². The highest BCUT2D eigenvalue weighted by Gasteiger charge is 2.12. The normalized spacial score (nSPS) is 11.1. The van der Waals surface area contributed by atoms with Crippen LogP contribution in [-0.4, -0.2) is 27.4 Å². The Hall–Kier alpha value is -3.92. The zero-order valence-electron chi connectivity index (χ0n) is 34.3. The van der Waals surface area contributed by atoms with Gasteiger partial charge in [0.15, 0.2) is 0 Å². The molecule has 0 fully saturated rings. The number of methoxy groups -OCH3 is 2. The Morgan fingerprint density at radius 3 is 0.944 bits per heavy atom. The van der Waals surface area contributed by atoms with Crippen LogP contribution in [-0.2, 0) is 0 Å². The van der Waals surface area contributed by atoms with E-state index in [2.05, 4.69) is 74.5 Å². The number of ether oxygens (including phenoxy) is 4. The summed E-state index contributed by atoms with van der Waals surface area (Å²) in [4.78, 5) is 0. The van der Waals surface area contributed by atoms with E-state index in [1.54, 1.807) is 14.2 Å². The summed E-state index contributed by atoms with van der Waals surface area (Å²) in [6, 6.07) is 29.8. The highest BCUT2D eigenvalue weighted by atomic mass is 16.5. The van der Waals surface area contributed by atoms with Crippen LogP contribution < -0.4 is 18.9 Å². The molecule has 4 aromatic rings. The van der Waals surface area contributed by atoms with Crippen LogP contribution in [0, 0.1) is 0 Å². The molecule has 0 atom stereocenters. The zero-order chi connectivity index (χ0) is 38.1. The lowest BCUT2D eigenvalue weighted by atomic mass is 9.95. The monoisotopic (exact) mass is 735 g/mol. The quantitative estimate of drug-likeness (QED) is 0.0521. The predicted molar refractivity (Wildman–Crippen MR) is 231 cm³/mol. The molecule has 0 heterocycles. The number of benzene rings is 4. The summed E-state index contributed by atoms with van der Waals surface area (Å²) in [5.74, 6) is 3.46. The van der Waals surface area contributed by atoms with Gasteiger partial charge in [0.25, 0.3) is 0 Å². The molecule has 0 saturated carbocycles. The van der Waals surface area contributed by atoms with Crippen LogP contribution in [0.5, 0.6) is 23.0 Å². The summed E-state index contributed by atoms with van der Waals surface area (Å²) < 4.78 is 24.2. The van der Waals surface area contributed by atoms with Gasteiger partial charge in [-0.2, -0.15) is 0 Å². The molecule has 294 valence electrons. The number of unbranched alkanes of at least 4 members (excludes halogenated alkanes) is 18. The van der Waals surface area contributed by atoms with E-state index in [1.807, 2.05) is 24.3 Å². The molecular formula is C50H70O4. The molecule has 0 saturated heterocycles. The SMILES string of the molecule is CCCCCCCCCCCCOc1cc(-c2cccc(OC)c2)cc(-c2cc(OCCCCCCCCCCCC)cc(-c3cccc(OC)c3)c2)c1. The van der Waals surface area contributed by atoms with Crippen molar-refractivity contribution in [1.82, 2.24) is 0 Å². The third-order valence-corrected chi connectivity index (χ3v) is 10.5. The lowest BCUT2D eigenvalue weighted by Crippen LogP contribution is -1.99. The van der Waals surface area contributed by atoms with Gasteiger partial charge in [-0.1, -0.05) is 154 Å². The maximum atomic E-state index is 6.50. The van der Waals surface area contributed by atoms with Gasteiger partial charge in [0.05, 0.1) is 27.4 Å². The molecule has 0 bridgehead atoms. The fraction of sp³-hybridized carbons (Fsp3) is 0.520. The van der Waals surface area contributed by atoms with Crippen LogP contribution in [0.3, 0.4) is 0 Å². The lowest BCUT2D eigenvalue weighted by molar-refractivity contribution is 0.304. The largest absolute Gasteiger partial charge is 0.497 e. The molecule has 0 aliphatic heterocycles. The van der Waals surface area contributed by atoms with Crippen LogP contribution in [0.1, 0.15) is 142 Å². The van der Waals surface area contributed by atoms with Crippen LogP contribution in [0.4, 0.5) is 0 Å². The molecular weight excluding hydrogens is 665 g/mol. The highest BCUT2D eigenvalue weighted by Crippen LogP contribution is 2.37. The Bertz CT molecular complexity index is 1470. The van der Waals surface area contributed by atoms with Crippen LogP contribution >= 0.6 is 0 Å². The van der Waals surface area contributed by atoms with E-state index in [9.17, 15) is 0 Å². The summed E-state index contributed by atoms with van der Waals surface area (Å²) in [5.41, 5.74) is 6.60. The summed E-state index contributed by atoms with van der Waals surface area (Å²) in [6.45, 7) is 6.00. The third kappa shape index (κ3) is 15.8. The minimum absolute atomic E-state index is 0.717. The molecule has 0 aliphatic carbocycles. The van der Waals surface area contributed by atoms with Gasteiger partial charge in [0, 0.05) is 0 Å². The van der Waals surface area contributed by atoms with Crippen molar-refractivity contribution in [3.8, 4) is 56.4 Å². The van der Waals surface area contributed by atoms with Crippen LogP contribution in [0.15, 0.2) is 84.9 Å². The smallest absolute Gasteiger partial charge is 0.120 e. The molecule has 0 N–H and O–H groups in total. The summed E-state index contributed by atoms with van der Waals surface area (Å²) in [7, 11) is 3.44. The van der Waals surface area contributed by atoms with Crippen molar-refractivity contribution in [2.24, 2.45) is 0 Å². The van der Waals surface area contributed by atoms with E-state index >= 15 is 0 Å². The lowest BCUT2D eigenvalue weighted by Gasteiger charge is -2.15. The standard InChI is InChI=1S/C50H70O4/c1-5-7-9-11-13-15-17-19-21-23-31-53-49-37-43(41-27-25-29-47(35-41)51-3)33-45(39-49)46-34-44(42-28-26-30-48(36-42)52-4)38-50(40-46)54-32-24-22-20-18-16-14-12-10-8-6-2/h25-30,33-40H,5-24,31-32H2,1-4H3. The summed E-state index contributed by atoms with van der Waals surface area (Å²) in [6.07, 6.45) is 26.2. The van der Waals surface area contributed by atoms with E-state index in [0.29, 0.717) is 13.2 Å². The first kappa shape index (κ1) is 42.8. The Balaban J connectivity index is 1.49. The van der Waals surface area contributed by atoms with Gasteiger partial charge in [-0.05, 0) is 107 Å². The minimum Gasteiger partial charge on any atom is -0.497 e. The fourth-order valence-electron chi connectivity index (χ4n) is 7.20. The number of hydrogen-bond donors (Lipinski definition) is 0.